The predicted octanol–water partition coefficient (Wildman–Crippen LogP) is 9.77. The van der Waals surface area contributed by atoms with Crippen molar-refractivity contribution in [3.05, 3.63) is 148 Å². The standard InChI is InChI=1S/C38H30Br2O2/c1-19-13-21(3)33(22(4)14-19)35-27-9-7-25(39)17-31(27)41-29-11-12-30-38(37(29)35)36(28-10-8-26(40)18-32(28)42-30)34-23(5)15-20(2)16-24(34)6/h7-18H,1-6H3. The van der Waals surface area contributed by atoms with Gasteiger partial charge in [-0.3, -0.25) is 0 Å². The van der Waals surface area contributed by atoms with Crippen LogP contribution in [-0.2, 0) is 0 Å². The second kappa shape index (κ2) is 10.00. The molecule has 0 saturated carbocycles. The average Bonchev–Trinajstić information content (AvgIpc) is 2.90. The summed E-state index contributed by atoms with van der Waals surface area (Å²) >= 11 is 7.35. The Hall–Kier alpha value is -3.60. The van der Waals surface area contributed by atoms with E-state index < -0.39 is 0 Å². The Morgan fingerprint density at radius 3 is 1.14 bits per heavy atom. The number of benzene rings is 5. The van der Waals surface area contributed by atoms with E-state index in [1.165, 1.54) is 55.7 Å². The molecule has 7 rings (SSSR count). The van der Waals surface area contributed by atoms with Gasteiger partial charge < -0.3 is 9.47 Å². The van der Waals surface area contributed by atoms with E-state index >= 15 is 0 Å². The Morgan fingerprint density at radius 1 is 0.429 bits per heavy atom. The molecule has 2 aliphatic rings. The van der Waals surface area contributed by atoms with E-state index in [4.69, 9.17) is 9.47 Å². The fourth-order valence-corrected chi connectivity index (χ4v) is 7.66. The molecule has 2 nitrogen and oxygen atoms in total. The first kappa shape index (κ1) is 27.2. The van der Waals surface area contributed by atoms with Crippen LogP contribution in [0.4, 0.5) is 0 Å². The first-order chi connectivity index (χ1) is 20.1. The number of halogens is 2. The maximum atomic E-state index is 6.72. The molecule has 0 aromatic heterocycles. The zero-order valence-corrected chi connectivity index (χ0v) is 27.7. The highest BCUT2D eigenvalue weighted by Gasteiger charge is 2.29. The van der Waals surface area contributed by atoms with E-state index in [-0.39, 0.29) is 0 Å². The molecule has 208 valence electrons. The van der Waals surface area contributed by atoms with E-state index in [1.54, 1.807) is 0 Å². The Balaban J connectivity index is 1.80. The number of rotatable bonds is 2. The van der Waals surface area contributed by atoms with Crippen molar-refractivity contribution in [2.24, 2.45) is 0 Å². The summed E-state index contributed by atoms with van der Waals surface area (Å²) in [6.07, 6.45) is 0. The van der Waals surface area contributed by atoms with Crippen LogP contribution in [0.5, 0.6) is 23.0 Å². The highest BCUT2D eigenvalue weighted by atomic mass is 79.9. The third-order valence-electron chi connectivity index (χ3n) is 8.35. The zero-order valence-electron chi connectivity index (χ0n) is 24.5. The zero-order chi connectivity index (χ0) is 29.4. The minimum Gasteiger partial charge on any atom is -0.456 e. The molecule has 4 heteroatoms. The summed E-state index contributed by atoms with van der Waals surface area (Å²) in [5.41, 5.74) is 14.5. The van der Waals surface area contributed by atoms with Crippen molar-refractivity contribution in [1.29, 1.82) is 0 Å². The van der Waals surface area contributed by atoms with Crippen molar-refractivity contribution in [3.8, 4) is 23.0 Å². The number of fused-ring (bicyclic) bond motifs is 5. The van der Waals surface area contributed by atoms with Crippen LogP contribution in [0.1, 0.15) is 55.6 Å². The maximum absolute atomic E-state index is 6.72. The van der Waals surface area contributed by atoms with E-state index in [9.17, 15) is 0 Å². The molecule has 2 aliphatic heterocycles. The van der Waals surface area contributed by atoms with Gasteiger partial charge in [-0.2, -0.15) is 0 Å². The first-order valence-electron chi connectivity index (χ1n) is 14.1. The summed E-state index contributed by atoms with van der Waals surface area (Å²) in [6.45, 7) is 13.2. The van der Waals surface area contributed by atoms with E-state index in [0.717, 1.165) is 53.5 Å². The molecule has 0 radical (unpaired) electrons. The second-order valence-electron chi connectivity index (χ2n) is 11.6. The molecule has 42 heavy (non-hydrogen) atoms. The molecular formula is C38H30Br2O2. The van der Waals surface area contributed by atoms with Crippen LogP contribution in [0.25, 0.3) is 11.1 Å². The molecule has 5 aromatic rings. The Labute approximate surface area is 263 Å². The molecule has 5 aromatic carbocycles. The first-order valence-corrected chi connectivity index (χ1v) is 15.7. The molecular weight excluding hydrogens is 648 g/mol. The molecule has 0 amide bonds. The third-order valence-corrected chi connectivity index (χ3v) is 9.34. The van der Waals surface area contributed by atoms with Crippen molar-refractivity contribution < 1.29 is 9.47 Å². The van der Waals surface area contributed by atoms with Gasteiger partial charge in [-0.1, -0.05) is 67.3 Å². The number of ether oxygens (including phenoxy) is 2. The maximum Gasteiger partial charge on any atom is 0.136 e. The van der Waals surface area contributed by atoms with Gasteiger partial charge >= 0.3 is 0 Å². The highest BCUT2D eigenvalue weighted by Crippen LogP contribution is 2.43. The molecule has 0 unspecified atom stereocenters. The molecule has 0 N–H and O–H groups in total. The van der Waals surface area contributed by atoms with Gasteiger partial charge in [0.25, 0.3) is 0 Å². The van der Waals surface area contributed by atoms with Crippen molar-refractivity contribution in [3.63, 3.8) is 0 Å². The van der Waals surface area contributed by atoms with Crippen LogP contribution in [0.15, 0.2) is 81.7 Å². The molecule has 0 spiro atoms. The average molecular weight is 678 g/mol. The van der Waals surface area contributed by atoms with Crippen LogP contribution in [0.2, 0.25) is 0 Å². The summed E-state index contributed by atoms with van der Waals surface area (Å²) in [6, 6.07) is 25.9. The lowest BCUT2D eigenvalue weighted by Crippen LogP contribution is -2.37. The normalized spacial score (nSPS) is 13.0. The second-order valence-corrected chi connectivity index (χ2v) is 13.4. The monoisotopic (exact) mass is 676 g/mol. The van der Waals surface area contributed by atoms with Gasteiger partial charge in [0.1, 0.15) is 23.0 Å². The fraction of sp³-hybridized carbons (Fsp3) is 0.158. The number of hydrogen-bond donors (Lipinski definition) is 0. The summed E-state index contributed by atoms with van der Waals surface area (Å²) in [4.78, 5) is 0. The van der Waals surface area contributed by atoms with Crippen molar-refractivity contribution in [1.82, 2.24) is 0 Å². The van der Waals surface area contributed by atoms with Gasteiger partial charge in [-0.15, -0.1) is 0 Å². The number of hydrogen-bond acceptors (Lipinski definition) is 2. The van der Waals surface area contributed by atoms with Crippen LogP contribution in [0, 0.1) is 41.5 Å². The highest BCUT2D eigenvalue weighted by molar-refractivity contribution is 9.10. The fourth-order valence-electron chi connectivity index (χ4n) is 6.98. The van der Waals surface area contributed by atoms with Gasteiger partial charge in [-0.25, -0.2) is 0 Å². The SMILES string of the molecule is Cc1cc(C)c(C2=c3c(ccc4c3=C(c3c(C)cc(C)cc3C)c3ccc(Br)cc3O4)Oc3cc(Br)ccc32)c(C)c1. The molecule has 0 saturated heterocycles. The lowest BCUT2D eigenvalue weighted by atomic mass is 9.82. The van der Waals surface area contributed by atoms with Crippen molar-refractivity contribution >= 4 is 43.0 Å². The third kappa shape index (κ3) is 4.27. The Bertz CT molecular complexity index is 1920. The van der Waals surface area contributed by atoms with Crippen LogP contribution in [-0.4, -0.2) is 0 Å². The van der Waals surface area contributed by atoms with Gasteiger partial charge in [0.15, 0.2) is 0 Å². The Morgan fingerprint density at radius 2 is 0.786 bits per heavy atom. The van der Waals surface area contributed by atoms with Crippen LogP contribution >= 0.6 is 31.9 Å². The molecule has 0 aliphatic carbocycles. The largest absolute Gasteiger partial charge is 0.456 e. The Kier molecular flexibility index (Phi) is 6.49. The van der Waals surface area contributed by atoms with Crippen molar-refractivity contribution in [2.45, 2.75) is 41.5 Å². The summed E-state index contributed by atoms with van der Waals surface area (Å²) < 4.78 is 15.4. The lowest BCUT2D eigenvalue weighted by molar-refractivity contribution is 0.454. The van der Waals surface area contributed by atoms with Crippen LogP contribution in [0.3, 0.4) is 0 Å². The lowest BCUT2D eigenvalue weighted by Gasteiger charge is -2.28. The minimum atomic E-state index is 0.831. The summed E-state index contributed by atoms with van der Waals surface area (Å²) in [5, 5.41) is 2.14. The van der Waals surface area contributed by atoms with E-state index in [2.05, 4.69) is 146 Å². The van der Waals surface area contributed by atoms with Gasteiger partial charge in [-0.05, 0) is 123 Å². The van der Waals surface area contributed by atoms with E-state index in [1.807, 2.05) is 0 Å². The summed E-state index contributed by atoms with van der Waals surface area (Å²) in [5.74, 6) is 3.35. The summed E-state index contributed by atoms with van der Waals surface area (Å²) in [7, 11) is 0. The van der Waals surface area contributed by atoms with Crippen LogP contribution < -0.4 is 19.9 Å². The smallest absolute Gasteiger partial charge is 0.136 e. The van der Waals surface area contributed by atoms with Gasteiger partial charge in [0.05, 0.1) is 0 Å². The van der Waals surface area contributed by atoms with Gasteiger partial charge in [0.2, 0.25) is 0 Å². The molecule has 2 heterocycles. The number of aryl methyl sites for hydroxylation is 6. The topological polar surface area (TPSA) is 18.5 Å². The van der Waals surface area contributed by atoms with Crippen molar-refractivity contribution in [2.75, 3.05) is 0 Å². The predicted molar refractivity (Wildman–Crippen MR) is 179 cm³/mol. The van der Waals surface area contributed by atoms with E-state index in [0.29, 0.717) is 0 Å². The van der Waals surface area contributed by atoms with Gasteiger partial charge in [0, 0.05) is 41.7 Å². The minimum absolute atomic E-state index is 0.831. The molecule has 0 bridgehead atoms. The quantitative estimate of drug-likeness (QED) is 0.181. The molecule has 0 fully saturated rings. The molecule has 0 atom stereocenters.